The number of amides is 1. The van der Waals surface area contributed by atoms with Crippen molar-refractivity contribution in [3.63, 3.8) is 0 Å². The second kappa shape index (κ2) is 11.1. The quantitative estimate of drug-likeness (QED) is 0.644. The third-order valence-corrected chi connectivity index (χ3v) is 5.35. The minimum Gasteiger partial charge on any atom is -0.321 e. The molecule has 1 N–H and O–H groups in total. The molecule has 0 atom stereocenters. The van der Waals surface area contributed by atoms with Crippen LogP contribution in [0.3, 0.4) is 0 Å². The van der Waals surface area contributed by atoms with Crippen LogP contribution in [0, 0.1) is 13.8 Å². The van der Waals surface area contributed by atoms with E-state index in [0.717, 1.165) is 40.9 Å². The Bertz CT molecular complexity index is 704. The van der Waals surface area contributed by atoms with Crippen LogP contribution < -0.4 is 5.32 Å². The molecule has 1 amide bonds. The molecule has 0 saturated carbocycles. The fourth-order valence-corrected chi connectivity index (χ4v) is 4.02. The smallest absolute Gasteiger partial charge is 0.279 e. The molecule has 0 aliphatic carbocycles. The molecule has 1 saturated heterocycles. The molecule has 0 spiro atoms. The molecular formula is C23H33N2OY+. The van der Waals surface area contributed by atoms with Gasteiger partial charge in [-0.25, -0.2) is 0 Å². The van der Waals surface area contributed by atoms with Gasteiger partial charge in [0.1, 0.15) is 6.54 Å². The summed E-state index contributed by atoms with van der Waals surface area (Å²) in [6.45, 7) is 7.80. The number of para-hydroxylation sites is 1. The largest absolute Gasteiger partial charge is 0.321 e. The number of carbonyl (C=O) groups is 1. The predicted molar refractivity (Wildman–Crippen MR) is 110 cm³/mol. The SMILES string of the molecule is C.Cc1cccc(C)c1NC(=O)C[N+]1(Cc2ccccc2)CCCCC1.[Y]. The van der Waals surface area contributed by atoms with Crippen LogP contribution in [-0.4, -0.2) is 30.0 Å². The van der Waals surface area contributed by atoms with E-state index in [9.17, 15) is 4.79 Å². The van der Waals surface area contributed by atoms with Crippen LogP contribution in [0.5, 0.6) is 0 Å². The first-order valence-electron chi connectivity index (χ1n) is 9.33. The van der Waals surface area contributed by atoms with Gasteiger partial charge in [-0.1, -0.05) is 56.0 Å². The van der Waals surface area contributed by atoms with Crippen molar-refractivity contribution >= 4 is 11.6 Å². The van der Waals surface area contributed by atoms with E-state index in [4.69, 9.17) is 0 Å². The summed E-state index contributed by atoms with van der Waals surface area (Å²) in [6, 6.07) is 16.7. The Kier molecular flexibility index (Phi) is 9.86. The Balaban J connectivity index is 0.00000182. The van der Waals surface area contributed by atoms with Crippen molar-refractivity contribution < 1.29 is 42.0 Å². The molecule has 0 aromatic heterocycles. The van der Waals surface area contributed by atoms with Gasteiger partial charge in [0.15, 0.2) is 6.54 Å². The van der Waals surface area contributed by atoms with Gasteiger partial charge in [-0.2, -0.15) is 0 Å². The van der Waals surface area contributed by atoms with Crippen LogP contribution in [-0.2, 0) is 44.0 Å². The molecule has 2 aromatic carbocycles. The molecule has 3 nitrogen and oxygen atoms in total. The summed E-state index contributed by atoms with van der Waals surface area (Å²) < 4.78 is 0.876. The maximum absolute atomic E-state index is 12.9. The average molecular weight is 442 g/mol. The summed E-state index contributed by atoms with van der Waals surface area (Å²) in [6.07, 6.45) is 3.71. The van der Waals surface area contributed by atoms with Crippen molar-refractivity contribution in [3.8, 4) is 0 Å². The van der Waals surface area contributed by atoms with Gasteiger partial charge in [0.05, 0.1) is 13.1 Å². The van der Waals surface area contributed by atoms with E-state index in [1.807, 2.05) is 6.07 Å². The average Bonchev–Trinajstić information content (AvgIpc) is 2.60. The van der Waals surface area contributed by atoms with Gasteiger partial charge in [-0.05, 0) is 44.2 Å². The fraction of sp³-hybridized carbons (Fsp3) is 0.435. The Morgan fingerprint density at radius 1 is 0.926 bits per heavy atom. The number of benzene rings is 2. The Morgan fingerprint density at radius 3 is 2.11 bits per heavy atom. The second-order valence-corrected chi connectivity index (χ2v) is 7.47. The summed E-state index contributed by atoms with van der Waals surface area (Å²) in [5.74, 6) is 0.134. The van der Waals surface area contributed by atoms with Gasteiger partial charge in [-0.3, -0.25) is 4.79 Å². The number of likely N-dealkylation sites (tertiary alicyclic amines) is 1. The van der Waals surface area contributed by atoms with Crippen molar-refractivity contribution in [1.82, 2.24) is 0 Å². The zero-order valence-corrected chi connectivity index (χ0v) is 18.8. The van der Waals surface area contributed by atoms with E-state index < -0.39 is 0 Å². The second-order valence-electron chi connectivity index (χ2n) is 7.47. The Labute approximate surface area is 190 Å². The van der Waals surface area contributed by atoms with Crippen LogP contribution in [0.2, 0.25) is 0 Å². The normalized spacial score (nSPS) is 15.2. The van der Waals surface area contributed by atoms with E-state index in [0.29, 0.717) is 6.54 Å². The molecule has 2 aromatic rings. The van der Waals surface area contributed by atoms with Gasteiger partial charge < -0.3 is 9.80 Å². The molecule has 4 heteroatoms. The van der Waals surface area contributed by atoms with Gasteiger partial charge in [0.25, 0.3) is 5.91 Å². The predicted octanol–water partition coefficient (Wildman–Crippen LogP) is 5.08. The van der Waals surface area contributed by atoms with Crippen molar-refractivity contribution in [2.45, 2.75) is 47.1 Å². The Morgan fingerprint density at radius 2 is 1.52 bits per heavy atom. The number of anilines is 1. The summed E-state index contributed by atoms with van der Waals surface area (Å²) >= 11 is 0. The summed E-state index contributed by atoms with van der Waals surface area (Å²) in [5.41, 5.74) is 4.55. The van der Waals surface area contributed by atoms with E-state index in [-0.39, 0.29) is 46.0 Å². The molecule has 143 valence electrons. The van der Waals surface area contributed by atoms with E-state index in [1.165, 1.54) is 24.8 Å². The molecule has 3 rings (SSSR count). The van der Waals surface area contributed by atoms with E-state index in [2.05, 4.69) is 61.6 Å². The number of nitrogens with one attached hydrogen (secondary N) is 1. The topological polar surface area (TPSA) is 29.1 Å². The van der Waals surface area contributed by atoms with E-state index >= 15 is 0 Å². The van der Waals surface area contributed by atoms with Crippen LogP contribution in [0.1, 0.15) is 43.4 Å². The first kappa shape index (κ1) is 24.0. The standard InChI is InChI=1S/C22H28N2O.CH4.Y/c1-18-10-9-11-19(2)22(18)23-21(25)17-24(14-7-4-8-15-24)16-20-12-5-3-6-13-20;;/h3,5-6,9-13H,4,7-8,14-17H2,1-2H3;1H4;/p+1. The number of rotatable bonds is 5. The summed E-state index contributed by atoms with van der Waals surface area (Å²) in [4.78, 5) is 12.9. The number of quaternary nitrogens is 1. The number of nitrogens with zero attached hydrogens (tertiary/aromatic N) is 1. The summed E-state index contributed by atoms with van der Waals surface area (Å²) in [7, 11) is 0. The minimum atomic E-state index is 0. The van der Waals surface area contributed by atoms with Gasteiger partial charge in [-0.15, -0.1) is 0 Å². The molecule has 1 aliphatic heterocycles. The molecular weight excluding hydrogens is 409 g/mol. The van der Waals surface area contributed by atoms with Crippen molar-refractivity contribution in [2.75, 3.05) is 25.0 Å². The van der Waals surface area contributed by atoms with Crippen LogP contribution >= 0.6 is 0 Å². The van der Waals surface area contributed by atoms with Crippen LogP contribution in [0.15, 0.2) is 48.5 Å². The maximum Gasteiger partial charge on any atom is 0.279 e. The van der Waals surface area contributed by atoms with Crippen molar-refractivity contribution in [2.24, 2.45) is 0 Å². The number of carbonyl (C=O) groups excluding carboxylic acids is 1. The number of aryl methyl sites for hydroxylation is 2. The van der Waals surface area contributed by atoms with Crippen molar-refractivity contribution in [1.29, 1.82) is 0 Å². The molecule has 27 heavy (non-hydrogen) atoms. The fourth-order valence-electron chi connectivity index (χ4n) is 4.02. The molecule has 1 fully saturated rings. The first-order chi connectivity index (χ1) is 12.1. The molecule has 0 bridgehead atoms. The third kappa shape index (κ3) is 6.52. The minimum absolute atomic E-state index is 0. The maximum atomic E-state index is 12.9. The molecule has 1 aliphatic rings. The molecule has 1 heterocycles. The zero-order chi connectivity index (χ0) is 17.7. The first-order valence-corrected chi connectivity index (χ1v) is 9.33. The van der Waals surface area contributed by atoms with Gasteiger partial charge >= 0.3 is 0 Å². The van der Waals surface area contributed by atoms with Crippen LogP contribution in [0.4, 0.5) is 5.69 Å². The van der Waals surface area contributed by atoms with Gasteiger partial charge in [0, 0.05) is 44.0 Å². The Hall–Kier alpha value is -1.03. The zero-order valence-electron chi connectivity index (χ0n) is 16.0. The summed E-state index contributed by atoms with van der Waals surface area (Å²) in [5, 5.41) is 3.18. The number of hydrogen-bond donors (Lipinski definition) is 1. The number of hydrogen-bond acceptors (Lipinski definition) is 1. The number of piperidine rings is 1. The third-order valence-electron chi connectivity index (χ3n) is 5.35. The molecule has 1 radical (unpaired) electrons. The van der Waals surface area contributed by atoms with Gasteiger partial charge in [0.2, 0.25) is 0 Å². The monoisotopic (exact) mass is 442 g/mol. The van der Waals surface area contributed by atoms with Crippen molar-refractivity contribution in [3.05, 3.63) is 65.2 Å². The van der Waals surface area contributed by atoms with Crippen LogP contribution in [0.25, 0.3) is 0 Å². The van der Waals surface area contributed by atoms with E-state index in [1.54, 1.807) is 0 Å². The molecule has 0 unspecified atom stereocenters.